The Kier molecular flexibility index (Phi) is 0.216. The SMILES string of the molecule is C1CN2OC2=N1. The van der Waals surface area contributed by atoms with E-state index in [1.807, 2.05) is 0 Å². The Hall–Kier alpha value is -0.730. The summed E-state index contributed by atoms with van der Waals surface area (Å²) in [4.78, 5) is 8.67. The van der Waals surface area contributed by atoms with Gasteiger partial charge in [0.05, 0.1) is 13.1 Å². The predicted octanol–water partition coefficient (Wildman–Crippen LogP) is -0.397. The van der Waals surface area contributed by atoms with E-state index in [0.717, 1.165) is 19.1 Å². The van der Waals surface area contributed by atoms with E-state index in [1.54, 1.807) is 5.06 Å². The van der Waals surface area contributed by atoms with Crippen LogP contribution in [0.15, 0.2) is 4.99 Å². The van der Waals surface area contributed by atoms with Crippen molar-refractivity contribution in [3.63, 3.8) is 0 Å². The van der Waals surface area contributed by atoms with E-state index in [0.29, 0.717) is 0 Å². The van der Waals surface area contributed by atoms with E-state index in [1.165, 1.54) is 0 Å². The predicted molar refractivity (Wildman–Crippen MR) is 20.1 cm³/mol. The first-order valence-corrected chi connectivity index (χ1v) is 1.97. The average Bonchev–Trinajstić information content (AvgIpc) is 2.17. The van der Waals surface area contributed by atoms with Crippen molar-refractivity contribution < 1.29 is 4.84 Å². The third kappa shape index (κ3) is 0.133. The van der Waals surface area contributed by atoms with Gasteiger partial charge in [0.25, 0.3) is 0 Å². The largest absolute Gasteiger partial charge is 0.348 e. The minimum atomic E-state index is 0.829. The van der Waals surface area contributed by atoms with Gasteiger partial charge >= 0.3 is 6.02 Å². The molecule has 0 aliphatic carbocycles. The van der Waals surface area contributed by atoms with Crippen LogP contribution in [0.3, 0.4) is 0 Å². The van der Waals surface area contributed by atoms with Crippen molar-refractivity contribution in [2.75, 3.05) is 13.1 Å². The summed E-state index contributed by atoms with van der Waals surface area (Å²) in [6.45, 7) is 1.89. The van der Waals surface area contributed by atoms with Crippen molar-refractivity contribution in [1.29, 1.82) is 0 Å². The van der Waals surface area contributed by atoms with Crippen molar-refractivity contribution in [1.82, 2.24) is 5.06 Å². The molecule has 1 saturated heterocycles. The highest BCUT2D eigenvalue weighted by Crippen LogP contribution is 2.16. The molecule has 2 heterocycles. The van der Waals surface area contributed by atoms with Gasteiger partial charge in [-0.1, -0.05) is 0 Å². The zero-order valence-corrected chi connectivity index (χ0v) is 3.22. The van der Waals surface area contributed by atoms with Crippen molar-refractivity contribution in [3.8, 4) is 0 Å². The van der Waals surface area contributed by atoms with Gasteiger partial charge in [0.1, 0.15) is 0 Å². The lowest BCUT2D eigenvalue weighted by Crippen LogP contribution is -1.95. The molecule has 2 aliphatic rings. The van der Waals surface area contributed by atoms with Gasteiger partial charge in [-0.3, -0.25) is 0 Å². The number of nitrogens with zero attached hydrogens (tertiary/aromatic N) is 2. The number of hydrogen-bond acceptors (Lipinski definition) is 3. The third-order valence-electron chi connectivity index (χ3n) is 0.923. The molecule has 0 atom stereocenters. The summed E-state index contributed by atoms with van der Waals surface area (Å²) in [7, 11) is 0. The molecular formula is C3H4N2O. The van der Waals surface area contributed by atoms with Crippen LogP contribution in [-0.4, -0.2) is 24.2 Å². The lowest BCUT2D eigenvalue weighted by atomic mass is 10.7. The van der Waals surface area contributed by atoms with Crippen LogP contribution in [-0.2, 0) is 4.84 Å². The molecule has 1 fully saturated rings. The van der Waals surface area contributed by atoms with Gasteiger partial charge in [-0.15, -0.1) is 0 Å². The van der Waals surface area contributed by atoms with Crippen molar-refractivity contribution in [2.24, 2.45) is 4.99 Å². The maximum Gasteiger partial charge on any atom is 0.348 e. The van der Waals surface area contributed by atoms with E-state index < -0.39 is 0 Å². The second-order valence-corrected chi connectivity index (χ2v) is 1.36. The summed E-state index contributed by atoms with van der Waals surface area (Å²) in [5.74, 6) is 0. The molecule has 0 saturated carbocycles. The molecule has 2 rings (SSSR count). The summed E-state index contributed by atoms with van der Waals surface area (Å²) in [5.41, 5.74) is 0. The average molecular weight is 84.1 g/mol. The number of aliphatic imine (C=N–C) groups is 1. The molecule has 0 amide bonds. The maximum atomic E-state index is 4.74. The molecule has 0 bridgehead atoms. The normalized spacial score (nSPS) is 25.3. The molecule has 0 aromatic heterocycles. The van der Waals surface area contributed by atoms with E-state index in [9.17, 15) is 0 Å². The molecule has 0 N–H and O–H groups in total. The van der Waals surface area contributed by atoms with Crippen LogP contribution in [0.4, 0.5) is 0 Å². The fourth-order valence-corrected chi connectivity index (χ4v) is 0.564. The van der Waals surface area contributed by atoms with Crippen LogP contribution in [0, 0.1) is 0 Å². The van der Waals surface area contributed by atoms with Crippen LogP contribution in [0.2, 0.25) is 0 Å². The Labute approximate surface area is 35.2 Å². The smallest absolute Gasteiger partial charge is 0.333 e. The number of hydrogen-bond donors (Lipinski definition) is 0. The molecule has 6 heavy (non-hydrogen) atoms. The summed E-state index contributed by atoms with van der Waals surface area (Å²) < 4.78 is 0. The van der Waals surface area contributed by atoms with Crippen molar-refractivity contribution >= 4 is 6.02 Å². The van der Waals surface area contributed by atoms with E-state index in [-0.39, 0.29) is 0 Å². The summed E-state index contributed by atoms with van der Waals surface area (Å²) in [6, 6.07) is 0.829. The molecule has 2 aliphatic heterocycles. The Morgan fingerprint density at radius 1 is 1.83 bits per heavy atom. The minimum Gasteiger partial charge on any atom is -0.333 e. The Bertz CT molecular complexity index is 109. The van der Waals surface area contributed by atoms with Gasteiger partial charge < -0.3 is 4.84 Å². The van der Waals surface area contributed by atoms with E-state index in [2.05, 4.69) is 4.99 Å². The van der Waals surface area contributed by atoms with Crippen LogP contribution in [0.1, 0.15) is 0 Å². The van der Waals surface area contributed by atoms with Gasteiger partial charge in [-0.2, -0.15) is 5.06 Å². The highest BCUT2D eigenvalue weighted by Gasteiger charge is 2.35. The second-order valence-electron chi connectivity index (χ2n) is 1.36. The van der Waals surface area contributed by atoms with Crippen LogP contribution < -0.4 is 0 Å². The first-order chi connectivity index (χ1) is 2.97. The first-order valence-electron chi connectivity index (χ1n) is 1.97. The van der Waals surface area contributed by atoms with Gasteiger partial charge in [0.2, 0.25) is 0 Å². The third-order valence-corrected chi connectivity index (χ3v) is 0.923. The highest BCUT2D eigenvalue weighted by molar-refractivity contribution is 5.83. The van der Waals surface area contributed by atoms with Crippen LogP contribution in [0.5, 0.6) is 0 Å². The van der Waals surface area contributed by atoms with Gasteiger partial charge in [-0.25, -0.2) is 4.99 Å². The molecule has 0 aromatic carbocycles. The Balaban J connectivity index is 2.35. The number of rotatable bonds is 0. The Morgan fingerprint density at radius 2 is 2.83 bits per heavy atom. The Morgan fingerprint density at radius 3 is 3.00 bits per heavy atom. The zero-order chi connectivity index (χ0) is 3.98. The van der Waals surface area contributed by atoms with Gasteiger partial charge in [-0.05, 0) is 0 Å². The van der Waals surface area contributed by atoms with Crippen molar-refractivity contribution in [2.45, 2.75) is 0 Å². The van der Waals surface area contributed by atoms with Crippen molar-refractivity contribution in [3.05, 3.63) is 0 Å². The maximum absolute atomic E-state index is 4.74. The molecule has 3 nitrogen and oxygen atoms in total. The zero-order valence-electron chi connectivity index (χ0n) is 3.22. The lowest BCUT2D eigenvalue weighted by molar-refractivity contribution is 0.206. The number of hydroxylamine groups is 2. The molecular weight excluding hydrogens is 80.0 g/mol. The molecule has 32 valence electrons. The summed E-state index contributed by atoms with van der Waals surface area (Å²) >= 11 is 0. The van der Waals surface area contributed by atoms with Gasteiger partial charge in [0.15, 0.2) is 0 Å². The summed E-state index contributed by atoms with van der Waals surface area (Å²) in [5, 5.41) is 1.78. The number of amidine groups is 1. The van der Waals surface area contributed by atoms with Crippen LogP contribution in [0.25, 0.3) is 0 Å². The second kappa shape index (κ2) is 0.531. The van der Waals surface area contributed by atoms with E-state index >= 15 is 0 Å². The fraction of sp³-hybridized carbons (Fsp3) is 0.667. The van der Waals surface area contributed by atoms with Gasteiger partial charge in [0, 0.05) is 0 Å². The molecule has 0 aromatic rings. The first kappa shape index (κ1) is 2.44. The fourth-order valence-electron chi connectivity index (χ4n) is 0.564. The molecule has 0 unspecified atom stereocenters. The molecule has 3 heteroatoms. The highest BCUT2D eigenvalue weighted by atomic mass is 16.8. The lowest BCUT2D eigenvalue weighted by Gasteiger charge is -1.79. The molecule has 0 radical (unpaired) electrons. The number of fused-ring (bicyclic) bond motifs is 1. The minimum absolute atomic E-state index is 0.829. The summed E-state index contributed by atoms with van der Waals surface area (Å²) in [6.07, 6.45) is 0. The van der Waals surface area contributed by atoms with E-state index in [4.69, 9.17) is 4.84 Å². The quantitative estimate of drug-likeness (QED) is 0.374. The topological polar surface area (TPSA) is 27.9 Å². The standard InChI is InChI=1S/C3H4N2O/c1-2-5-3(4-1)6-5/h1-2H2. The monoisotopic (exact) mass is 84.0 g/mol. The van der Waals surface area contributed by atoms with Crippen LogP contribution >= 0.6 is 0 Å². The molecule has 0 spiro atoms.